The monoisotopic (exact) mass is 553 g/mol. The van der Waals surface area contributed by atoms with Gasteiger partial charge in [0.1, 0.15) is 0 Å². The fraction of sp³-hybridized carbons (Fsp3) is 1.00. The van der Waals surface area contributed by atoms with Crippen molar-refractivity contribution >= 4 is 10.1 Å². The van der Waals surface area contributed by atoms with Crippen molar-refractivity contribution in [3.63, 3.8) is 0 Å². The van der Waals surface area contributed by atoms with Crippen LogP contribution >= 0.6 is 0 Å². The van der Waals surface area contributed by atoms with Crippen molar-refractivity contribution in [2.24, 2.45) is 0 Å². The van der Waals surface area contributed by atoms with E-state index in [1.807, 2.05) is 0 Å². The largest absolute Gasteiger partial charge is 0.460 e. The molecule has 0 bridgehead atoms. The van der Waals surface area contributed by atoms with Crippen molar-refractivity contribution in [1.29, 1.82) is 0 Å². The lowest BCUT2D eigenvalue weighted by atomic mass is 9.90. The van der Waals surface area contributed by atoms with Crippen LogP contribution in [0.25, 0.3) is 0 Å². The SMILES string of the molecule is CCCCNC(F)(C(F)(F)C(F)(F)C(F)(F)C(F)(F)C(F)(F)C(F)(F)C(F)(F)F)S(=O)(=O)O. The molecule has 200 valence electrons. The van der Waals surface area contributed by atoms with E-state index in [1.54, 1.807) is 0 Å². The summed E-state index contributed by atoms with van der Waals surface area (Å²) < 4.78 is 241. The molecule has 0 saturated heterocycles. The van der Waals surface area contributed by atoms with Gasteiger partial charge in [-0.15, -0.1) is 0 Å². The quantitative estimate of drug-likeness (QED) is 0.159. The minimum absolute atomic E-state index is 0.205. The van der Waals surface area contributed by atoms with Gasteiger partial charge in [0.25, 0.3) is 0 Å². The predicted molar refractivity (Wildman–Crippen MR) is 74.0 cm³/mol. The Morgan fingerprint density at radius 3 is 1.18 bits per heavy atom. The van der Waals surface area contributed by atoms with Crippen LogP contribution in [0.3, 0.4) is 0 Å². The highest BCUT2D eigenvalue weighted by Crippen LogP contribution is 2.63. The van der Waals surface area contributed by atoms with E-state index in [1.165, 1.54) is 0 Å². The van der Waals surface area contributed by atoms with Crippen molar-refractivity contribution in [3.8, 4) is 0 Å². The molecule has 33 heavy (non-hydrogen) atoms. The van der Waals surface area contributed by atoms with Gasteiger partial charge in [-0.1, -0.05) is 13.3 Å². The lowest BCUT2D eigenvalue weighted by Crippen LogP contribution is -2.77. The molecular formula is C12H11F16NO3S. The maximum absolute atomic E-state index is 14.3. The molecule has 0 aromatic rings. The van der Waals surface area contributed by atoms with E-state index in [-0.39, 0.29) is 11.7 Å². The minimum atomic E-state index is -8.73. The summed E-state index contributed by atoms with van der Waals surface area (Å²) in [6.07, 6.45) is -8.68. The Morgan fingerprint density at radius 1 is 0.606 bits per heavy atom. The number of unbranched alkanes of at least 4 members (excludes halogenated alkanes) is 1. The van der Waals surface area contributed by atoms with Gasteiger partial charge >= 0.3 is 57.0 Å². The fourth-order valence-electron chi connectivity index (χ4n) is 1.96. The van der Waals surface area contributed by atoms with Gasteiger partial charge in [-0.05, 0) is 13.0 Å². The third-order valence-corrected chi connectivity index (χ3v) is 5.08. The van der Waals surface area contributed by atoms with Crippen LogP contribution in [0.4, 0.5) is 70.2 Å². The molecule has 0 heterocycles. The van der Waals surface area contributed by atoms with Crippen molar-refractivity contribution in [1.82, 2.24) is 5.32 Å². The first-order chi connectivity index (χ1) is 14.1. The first kappa shape index (κ1) is 31.8. The van der Waals surface area contributed by atoms with Gasteiger partial charge < -0.3 is 0 Å². The van der Waals surface area contributed by atoms with Crippen LogP contribution in [0.5, 0.6) is 0 Å². The average molecular weight is 553 g/mol. The predicted octanol–water partition coefficient (Wildman–Crippen LogP) is 5.26. The Labute approximate surface area is 173 Å². The second kappa shape index (κ2) is 8.45. The third-order valence-electron chi connectivity index (χ3n) is 3.97. The Balaban J connectivity index is 6.98. The van der Waals surface area contributed by atoms with Crippen LogP contribution in [-0.2, 0) is 10.1 Å². The molecule has 4 nitrogen and oxygen atoms in total. The van der Waals surface area contributed by atoms with Gasteiger partial charge in [0.15, 0.2) is 0 Å². The Bertz CT molecular complexity index is 808. The molecule has 1 atom stereocenters. The van der Waals surface area contributed by atoms with Crippen LogP contribution < -0.4 is 5.32 Å². The summed E-state index contributed by atoms with van der Waals surface area (Å²) in [6.45, 7) is -0.345. The van der Waals surface area contributed by atoms with Crippen molar-refractivity contribution in [2.75, 3.05) is 6.54 Å². The first-order valence-corrected chi connectivity index (χ1v) is 9.24. The number of hydrogen-bond acceptors (Lipinski definition) is 3. The normalized spacial score (nSPS) is 17.8. The van der Waals surface area contributed by atoms with Crippen molar-refractivity contribution in [2.45, 2.75) is 66.6 Å². The van der Waals surface area contributed by atoms with E-state index in [0.717, 1.165) is 6.92 Å². The lowest BCUT2D eigenvalue weighted by molar-refractivity contribution is -0.456. The highest BCUT2D eigenvalue weighted by Gasteiger charge is 2.95. The molecule has 0 aromatic carbocycles. The standard InChI is InChI=1S/C12H11F16NO3S/c1-2-3-4-29-12(28,33(30,31)32)10(23,24)8(19,20)6(15,16)5(13,14)7(17,18)9(21,22)11(25,26)27/h29H,2-4H2,1H3,(H,30,31,32). The number of nitrogens with one attached hydrogen (secondary N) is 1. The summed E-state index contributed by atoms with van der Waals surface area (Å²) in [6, 6.07) is 0. The maximum atomic E-state index is 14.3. The van der Waals surface area contributed by atoms with Crippen molar-refractivity contribution in [3.05, 3.63) is 0 Å². The Hall–Kier alpha value is -1.25. The highest BCUT2D eigenvalue weighted by atomic mass is 32.2. The van der Waals surface area contributed by atoms with E-state index < -0.39 is 69.9 Å². The molecular weight excluding hydrogens is 542 g/mol. The van der Waals surface area contributed by atoms with Gasteiger partial charge in [0.05, 0.1) is 0 Å². The molecule has 0 fully saturated rings. The third kappa shape index (κ3) is 4.31. The minimum Gasteiger partial charge on any atom is -0.282 e. The molecule has 1 unspecified atom stereocenters. The molecule has 0 aliphatic heterocycles. The lowest BCUT2D eigenvalue weighted by Gasteiger charge is -2.43. The van der Waals surface area contributed by atoms with Gasteiger partial charge in [-0.2, -0.15) is 78.7 Å². The van der Waals surface area contributed by atoms with Gasteiger partial charge in [-0.25, -0.2) is 0 Å². The first-order valence-electron chi connectivity index (χ1n) is 7.80. The van der Waals surface area contributed by atoms with Crippen LogP contribution in [0.2, 0.25) is 0 Å². The second-order valence-electron chi connectivity index (χ2n) is 6.29. The van der Waals surface area contributed by atoms with Gasteiger partial charge in [0.2, 0.25) is 0 Å². The number of alkyl halides is 16. The number of hydrogen-bond donors (Lipinski definition) is 2. The zero-order chi connectivity index (χ0) is 27.3. The zero-order valence-corrected chi connectivity index (χ0v) is 16.2. The number of rotatable bonds is 11. The van der Waals surface area contributed by atoms with Crippen LogP contribution in [0.15, 0.2) is 0 Å². The van der Waals surface area contributed by atoms with Gasteiger partial charge in [-0.3, -0.25) is 9.87 Å². The zero-order valence-electron chi connectivity index (χ0n) is 15.3. The summed E-state index contributed by atoms with van der Waals surface area (Å²) in [5.74, 6) is -50.6. The van der Waals surface area contributed by atoms with Crippen LogP contribution in [0, 0.1) is 0 Å². The molecule has 0 aliphatic carbocycles. The molecule has 2 N–H and O–H groups in total. The van der Waals surface area contributed by atoms with Crippen molar-refractivity contribution < 1.29 is 83.2 Å². The molecule has 21 heteroatoms. The topological polar surface area (TPSA) is 66.4 Å². The Morgan fingerprint density at radius 2 is 0.909 bits per heavy atom. The molecule has 0 saturated carbocycles. The molecule has 0 aliphatic rings. The molecule has 0 rings (SSSR count). The summed E-state index contributed by atoms with van der Waals surface area (Å²) in [5.41, 5.74) is 0. The van der Waals surface area contributed by atoms with E-state index in [2.05, 4.69) is 0 Å². The average Bonchev–Trinajstić information content (AvgIpc) is 2.58. The van der Waals surface area contributed by atoms with Gasteiger partial charge in [0, 0.05) is 0 Å². The summed E-state index contributed by atoms with van der Waals surface area (Å²) in [4.78, 5) is 0. The maximum Gasteiger partial charge on any atom is 0.460 e. The summed E-state index contributed by atoms with van der Waals surface area (Å²) in [7, 11) is -7.38. The molecule has 0 spiro atoms. The fourth-order valence-corrected chi connectivity index (χ4v) is 2.70. The number of halogens is 16. The highest BCUT2D eigenvalue weighted by molar-refractivity contribution is 7.87. The van der Waals surface area contributed by atoms with E-state index in [0.29, 0.717) is 0 Å². The molecule has 0 radical (unpaired) electrons. The molecule has 0 aromatic heterocycles. The van der Waals surface area contributed by atoms with E-state index in [4.69, 9.17) is 4.55 Å². The summed E-state index contributed by atoms with van der Waals surface area (Å²) >= 11 is 0. The van der Waals surface area contributed by atoms with E-state index in [9.17, 15) is 78.7 Å². The summed E-state index contributed by atoms with van der Waals surface area (Å²) in [5, 5.41) is -6.27. The van der Waals surface area contributed by atoms with Crippen LogP contribution in [-0.4, -0.2) is 66.4 Å². The Kier molecular flexibility index (Phi) is 8.13. The van der Waals surface area contributed by atoms with Crippen LogP contribution in [0.1, 0.15) is 19.8 Å². The molecule has 0 amide bonds. The smallest absolute Gasteiger partial charge is 0.282 e. The van der Waals surface area contributed by atoms with E-state index >= 15 is 0 Å². The second-order valence-corrected chi connectivity index (χ2v) is 7.81.